The van der Waals surface area contributed by atoms with Crippen molar-refractivity contribution in [3.05, 3.63) is 46.2 Å². The van der Waals surface area contributed by atoms with Crippen LogP contribution in [0.2, 0.25) is 0 Å². The Morgan fingerprint density at radius 2 is 2.08 bits per heavy atom. The van der Waals surface area contributed by atoms with E-state index in [1.54, 1.807) is 6.07 Å². The Morgan fingerprint density at radius 1 is 1.38 bits per heavy atom. The van der Waals surface area contributed by atoms with Gasteiger partial charge in [-0.15, -0.1) is 0 Å². The second-order valence-corrected chi connectivity index (χ2v) is 6.74. The summed E-state index contributed by atoms with van der Waals surface area (Å²) in [5, 5.41) is 13.5. The molecule has 0 aliphatic heterocycles. The number of rotatable bonds is 5. The number of pyridine rings is 1. The van der Waals surface area contributed by atoms with Crippen molar-refractivity contribution < 1.29 is 9.90 Å². The number of aryl methyl sites for hydroxylation is 1. The molecule has 0 saturated heterocycles. The molecular formula is C19H24N2O3. The number of fused-ring (bicyclic) bond motifs is 1. The molecule has 1 aromatic heterocycles. The first kappa shape index (κ1) is 16.7. The van der Waals surface area contributed by atoms with Crippen LogP contribution in [0.15, 0.2) is 35.1 Å². The molecule has 1 aliphatic rings. The van der Waals surface area contributed by atoms with Crippen molar-refractivity contribution >= 4 is 16.8 Å². The molecule has 1 saturated carbocycles. The van der Waals surface area contributed by atoms with Crippen molar-refractivity contribution in [1.29, 1.82) is 0 Å². The molecule has 1 atom stereocenters. The first-order valence-corrected chi connectivity index (χ1v) is 8.56. The van der Waals surface area contributed by atoms with Crippen molar-refractivity contribution in [2.45, 2.75) is 51.8 Å². The third kappa shape index (κ3) is 3.22. The van der Waals surface area contributed by atoms with Crippen LogP contribution >= 0.6 is 0 Å². The minimum absolute atomic E-state index is 0.0192. The Balaban J connectivity index is 1.79. The van der Waals surface area contributed by atoms with Crippen molar-refractivity contribution in [2.24, 2.45) is 5.92 Å². The molecule has 5 nitrogen and oxygen atoms in total. The average molecular weight is 328 g/mol. The standard InChI is InChI=1S/C19H24N2O3/c1-3-16(13-9-14(22)10-13)20-18(23)11-21-17-7-5-4-6-15(17)12(2)8-19(21)24/h4-8,13-14,16,22H,3,9-11H2,1-2H3,(H,20,23)/t13?,14?,16-/m1/s1. The number of carbonyl (C=O) groups excluding carboxylic acids is 1. The van der Waals surface area contributed by atoms with Gasteiger partial charge in [-0.3, -0.25) is 14.2 Å². The van der Waals surface area contributed by atoms with Gasteiger partial charge in [0.25, 0.3) is 5.56 Å². The van der Waals surface area contributed by atoms with Gasteiger partial charge in [0.1, 0.15) is 6.54 Å². The maximum Gasteiger partial charge on any atom is 0.251 e. The van der Waals surface area contributed by atoms with E-state index in [0.29, 0.717) is 5.92 Å². The summed E-state index contributed by atoms with van der Waals surface area (Å²) in [6.45, 7) is 3.96. The summed E-state index contributed by atoms with van der Waals surface area (Å²) in [7, 11) is 0. The molecule has 1 amide bonds. The molecule has 3 rings (SSSR count). The fourth-order valence-electron chi connectivity index (χ4n) is 3.57. The topological polar surface area (TPSA) is 71.3 Å². The van der Waals surface area contributed by atoms with Crippen LogP contribution in [0.3, 0.4) is 0 Å². The van der Waals surface area contributed by atoms with Gasteiger partial charge in [-0.1, -0.05) is 25.1 Å². The van der Waals surface area contributed by atoms with E-state index in [4.69, 9.17) is 0 Å². The fourth-order valence-corrected chi connectivity index (χ4v) is 3.57. The van der Waals surface area contributed by atoms with Crippen molar-refractivity contribution in [2.75, 3.05) is 0 Å². The smallest absolute Gasteiger partial charge is 0.251 e. The van der Waals surface area contributed by atoms with Crippen molar-refractivity contribution in [3.63, 3.8) is 0 Å². The van der Waals surface area contributed by atoms with Gasteiger partial charge in [-0.2, -0.15) is 0 Å². The molecule has 0 unspecified atom stereocenters. The summed E-state index contributed by atoms with van der Waals surface area (Å²) in [6.07, 6.45) is 2.08. The van der Waals surface area contributed by atoms with Gasteiger partial charge >= 0.3 is 0 Å². The van der Waals surface area contributed by atoms with Gasteiger partial charge in [-0.05, 0) is 43.7 Å². The Bertz CT molecular complexity index is 806. The van der Waals surface area contributed by atoms with Crippen LogP contribution in [-0.4, -0.2) is 27.7 Å². The van der Waals surface area contributed by atoms with E-state index in [2.05, 4.69) is 5.32 Å². The fraction of sp³-hybridized carbons (Fsp3) is 0.474. The lowest BCUT2D eigenvalue weighted by molar-refractivity contribution is -0.123. The van der Waals surface area contributed by atoms with Gasteiger partial charge < -0.3 is 10.4 Å². The highest BCUT2D eigenvalue weighted by Crippen LogP contribution is 2.31. The molecule has 1 heterocycles. The first-order valence-electron chi connectivity index (χ1n) is 8.56. The number of hydrogen-bond donors (Lipinski definition) is 2. The number of hydrogen-bond acceptors (Lipinski definition) is 3. The molecular weight excluding hydrogens is 304 g/mol. The Hall–Kier alpha value is -2.14. The highest BCUT2D eigenvalue weighted by molar-refractivity contribution is 5.84. The van der Waals surface area contributed by atoms with E-state index >= 15 is 0 Å². The summed E-state index contributed by atoms with van der Waals surface area (Å²) in [4.78, 5) is 24.8. The summed E-state index contributed by atoms with van der Waals surface area (Å²) >= 11 is 0. The minimum Gasteiger partial charge on any atom is -0.393 e. The second kappa shape index (κ2) is 6.77. The number of benzene rings is 1. The van der Waals surface area contributed by atoms with E-state index in [1.807, 2.05) is 38.1 Å². The monoisotopic (exact) mass is 328 g/mol. The van der Waals surface area contributed by atoms with Gasteiger partial charge in [0, 0.05) is 17.5 Å². The van der Waals surface area contributed by atoms with Crippen LogP contribution < -0.4 is 10.9 Å². The zero-order valence-electron chi connectivity index (χ0n) is 14.2. The highest BCUT2D eigenvalue weighted by atomic mass is 16.3. The van der Waals surface area contributed by atoms with Crippen LogP contribution in [0.1, 0.15) is 31.7 Å². The predicted octanol–water partition coefficient (Wildman–Crippen LogP) is 1.98. The lowest BCUT2D eigenvalue weighted by Gasteiger charge is -2.37. The molecule has 128 valence electrons. The third-order valence-corrected chi connectivity index (χ3v) is 5.03. The molecule has 1 fully saturated rings. The number of carbonyl (C=O) groups is 1. The zero-order valence-corrected chi connectivity index (χ0v) is 14.2. The highest BCUT2D eigenvalue weighted by Gasteiger charge is 2.33. The average Bonchev–Trinajstić information content (AvgIpc) is 2.54. The number of aliphatic hydroxyl groups excluding tert-OH is 1. The Morgan fingerprint density at radius 3 is 2.75 bits per heavy atom. The number of aliphatic hydroxyl groups is 1. The lowest BCUT2D eigenvalue weighted by atomic mass is 9.76. The van der Waals surface area contributed by atoms with E-state index < -0.39 is 0 Å². The number of nitrogens with one attached hydrogen (secondary N) is 1. The summed E-state index contributed by atoms with van der Waals surface area (Å²) < 4.78 is 1.53. The van der Waals surface area contributed by atoms with E-state index in [0.717, 1.165) is 35.7 Å². The summed E-state index contributed by atoms with van der Waals surface area (Å²) in [6, 6.07) is 9.28. The second-order valence-electron chi connectivity index (χ2n) is 6.74. The van der Waals surface area contributed by atoms with Crippen molar-refractivity contribution in [3.8, 4) is 0 Å². The molecule has 1 aromatic carbocycles. The number of nitrogens with zero attached hydrogens (tertiary/aromatic N) is 1. The van der Waals surface area contributed by atoms with E-state index in [9.17, 15) is 14.7 Å². The molecule has 0 radical (unpaired) electrons. The Kier molecular flexibility index (Phi) is 4.71. The van der Waals surface area contributed by atoms with Crippen LogP contribution in [-0.2, 0) is 11.3 Å². The van der Waals surface area contributed by atoms with E-state index in [1.165, 1.54) is 4.57 Å². The largest absolute Gasteiger partial charge is 0.393 e. The maximum absolute atomic E-state index is 12.5. The number of para-hydroxylation sites is 1. The molecule has 1 aliphatic carbocycles. The third-order valence-electron chi connectivity index (χ3n) is 5.03. The van der Waals surface area contributed by atoms with Gasteiger partial charge in [0.15, 0.2) is 0 Å². The summed E-state index contributed by atoms with van der Waals surface area (Å²) in [5.74, 6) is 0.180. The van der Waals surface area contributed by atoms with Gasteiger partial charge in [-0.25, -0.2) is 0 Å². The maximum atomic E-state index is 12.5. The van der Waals surface area contributed by atoms with Crippen LogP contribution in [0.4, 0.5) is 0 Å². The number of amides is 1. The molecule has 0 spiro atoms. The van der Waals surface area contributed by atoms with Crippen LogP contribution in [0, 0.1) is 12.8 Å². The quantitative estimate of drug-likeness (QED) is 0.881. The van der Waals surface area contributed by atoms with Gasteiger partial charge in [0.2, 0.25) is 5.91 Å². The van der Waals surface area contributed by atoms with Crippen molar-refractivity contribution in [1.82, 2.24) is 9.88 Å². The molecule has 5 heteroatoms. The summed E-state index contributed by atoms with van der Waals surface area (Å²) in [5.41, 5.74) is 1.54. The van der Waals surface area contributed by atoms with Gasteiger partial charge in [0.05, 0.1) is 11.6 Å². The molecule has 24 heavy (non-hydrogen) atoms. The Labute approximate surface area is 141 Å². The SMILES string of the molecule is CC[C@@H](NC(=O)Cn1c(=O)cc(C)c2ccccc21)C1CC(O)C1. The van der Waals surface area contributed by atoms with Crippen LogP contribution in [0.5, 0.6) is 0 Å². The molecule has 2 aromatic rings. The minimum atomic E-state index is -0.232. The van der Waals surface area contributed by atoms with E-state index in [-0.39, 0.29) is 30.2 Å². The predicted molar refractivity (Wildman–Crippen MR) is 93.9 cm³/mol. The first-order chi connectivity index (χ1) is 11.5. The molecule has 0 bridgehead atoms. The van der Waals surface area contributed by atoms with Crippen LogP contribution in [0.25, 0.3) is 10.9 Å². The number of aromatic nitrogens is 1. The lowest BCUT2D eigenvalue weighted by Crippen LogP contribution is -2.48. The normalized spacial score (nSPS) is 21.3. The zero-order chi connectivity index (χ0) is 17.3. The molecule has 2 N–H and O–H groups in total.